The van der Waals surface area contributed by atoms with Crippen molar-refractivity contribution < 1.29 is 9.59 Å². The van der Waals surface area contributed by atoms with Gasteiger partial charge in [0.25, 0.3) is 0 Å². The van der Waals surface area contributed by atoms with Gasteiger partial charge in [0.05, 0.1) is 0 Å². The Bertz CT molecular complexity index is 258. The van der Waals surface area contributed by atoms with Crippen LogP contribution in [0.2, 0.25) is 0 Å². The summed E-state index contributed by atoms with van der Waals surface area (Å²) in [6, 6.07) is -0.316. The zero-order valence-corrected chi connectivity index (χ0v) is 7.26. The average Bonchev–Trinajstić information content (AvgIpc) is 2.79. The normalized spacial score (nSPS) is 32.2. The number of hydrogen-bond acceptors (Lipinski definition) is 2. The Balaban J connectivity index is 2.26. The van der Waals surface area contributed by atoms with Crippen molar-refractivity contribution in [3.05, 3.63) is 0 Å². The molecule has 0 bridgehead atoms. The Hall–Kier alpha value is -1.06. The topological polar surface area (TPSA) is 49.4 Å². The first-order valence-electron chi connectivity index (χ1n) is 4.16. The Morgan fingerprint density at radius 1 is 1.50 bits per heavy atom. The van der Waals surface area contributed by atoms with Crippen molar-refractivity contribution in [2.24, 2.45) is 0 Å². The van der Waals surface area contributed by atoms with Crippen LogP contribution in [0, 0.1) is 0 Å². The van der Waals surface area contributed by atoms with E-state index >= 15 is 0 Å². The molecule has 2 aliphatic rings. The van der Waals surface area contributed by atoms with E-state index in [1.54, 1.807) is 14.0 Å². The molecule has 12 heavy (non-hydrogen) atoms. The molecule has 1 spiro atoms. The van der Waals surface area contributed by atoms with E-state index in [1.807, 2.05) is 0 Å². The Kier molecular flexibility index (Phi) is 1.26. The van der Waals surface area contributed by atoms with E-state index < -0.39 is 5.54 Å². The van der Waals surface area contributed by atoms with Crippen LogP contribution >= 0.6 is 0 Å². The van der Waals surface area contributed by atoms with Gasteiger partial charge in [0.15, 0.2) is 0 Å². The first-order valence-corrected chi connectivity index (χ1v) is 4.16. The second kappa shape index (κ2) is 2.00. The number of hydrogen-bond donors (Lipinski definition) is 1. The zero-order valence-electron chi connectivity index (χ0n) is 7.26. The average molecular weight is 168 g/mol. The van der Waals surface area contributed by atoms with Crippen LogP contribution in [0.25, 0.3) is 0 Å². The lowest BCUT2D eigenvalue weighted by Gasteiger charge is -2.34. The minimum Gasteiger partial charge on any atom is -0.340 e. The van der Waals surface area contributed by atoms with Gasteiger partial charge in [-0.05, 0) is 19.8 Å². The van der Waals surface area contributed by atoms with Gasteiger partial charge < -0.3 is 10.2 Å². The van der Waals surface area contributed by atoms with Crippen molar-refractivity contribution in [1.82, 2.24) is 10.2 Å². The molecular formula is C8H12N2O2. The van der Waals surface area contributed by atoms with Crippen LogP contribution in [0.5, 0.6) is 0 Å². The van der Waals surface area contributed by atoms with Gasteiger partial charge in [0.1, 0.15) is 11.6 Å². The van der Waals surface area contributed by atoms with E-state index in [0.29, 0.717) is 0 Å². The minimum atomic E-state index is -0.502. The molecule has 0 aromatic rings. The van der Waals surface area contributed by atoms with Crippen molar-refractivity contribution in [1.29, 1.82) is 0 Å². The van der Waals surface area contributed by atoms with Gasteiger partial charge in [0.2, 0.25) is 11.8 Å². The van der Waals surface area contributed by atoms with E-state index in [4.69, 9.17) is 0 Å². The van der Waals surface area contributed by atoms with Gasteiger partial charge in [0, 0.05) is 7.05 Å². The van der Waals surface area contributed by atoms with E-state index in [1.165, 1.54) is 4.90 Å². The van der Waals surface area contributed by atoms with Crippen LogP contribution in [0.1, 0.15) is 19.8 Å². The summed E-state index contributed by atoms with van der Waals surface area (Å²) in [7, 11) is 1.69. The van der Waals surface area contributed by atoms with Gasteiger partial charge in [-0.1, -0.05) is 0 Å². The molecule has 1 atom stereocenters. The van der Waals surface area contributed by atoms with Gasteiger partial charge >= 0.3 is 0 Å². The third-order valence-corrected chi connectivity index (χ3v) is 2.80. The largest absolute Gasteiger partial charge is 0.340 e. The van der Waals surface area contributed by atoms with E-state index in [9.17, 15) is 9.59 Å². The quantitative estimate of drug-likeness (QED) is 0.530. The fraction of sp³-hybridized carbons (Fsp3) is 0.750. The van der Waals surface area contributed by atoms with Gasteiger partial charge in [-0.25, -0.2) is 0 Å². The number of amides is 2. The first-order chi connectivity index (χ1) is 5.57. The molecule has 1 saturated carbocycles. The highest BCUT2D eigenvalue weighted by Crippen LogP contribution is 2.39. The third kappa shape index (κ3) is 0.777. The number of carbonyl (C=O) groups is 2. The fourth-order valence-corrected chi connectivity index (χ4v) is 1.55. The molecule has 4 heteroatoms. The molecule has 0 aromatic carbocycles. The third-order valence-electron chi connectivity index (χ3n) is 2.80. The maximum Gasteiger partial charge on any atom is 0.248 e. The second-order valence-corrected chi connectivity index (χ2v) is 3.66. The SMILES string of the molecule is CC1C(=O)NC2(CC2)C(=O)N1C. The lowest BCUT2D eigenvalue weighted by molar-refractivity contribution is -0.148. The molecule has 1 unspecified atom stereocenters. The van der Waals surface area contributed by atoms with Crippen LogP contribution in [0.3, 0.4) is 0 Å². The lowest BCUT2D eigenvalue weighted by atomic mass is 10.1. The monoisotopic (exact) mass is 168 g/mol. The molecule has 1 saturated heterocycles. The second-order valence-electron chi connectivity index (χ2n) is 3.66. The highest BCUT2D eigenvalue weighted by atomic mass is 16.2. The van der Waals surface area contributed by atoms with E-state index in [-0.39, 0.29) is 17.9 Å². The molecular weight excluding hydrogens is 156 g/mol. The van der Waals surface area contributed by atoms with Crippen molar-refractivity contribution in [3.63, 3.8) is 0 Å². The maximum atomic E-state index is 11.6. The summed E-state index contributed by atoms with van der Waals surface area (Å²) >= 11 is 0. The molecule has 1 heterocycles. The zero-order chi connectivity index (χ0) is 8.93. The molecule has 4 nitrogen and oxygen atoms in total. The number of likely N-dealkylation sites (N-methyl/N-ethyl adjacent to an activating group) is 1. The highest BCUT2D eigenvalue weighted by molar-refractivity contribution is 6.01. The summed E-state index contributed by atoms with van der Waals surface area (Å²) in [5.41, 5.74) is -0.502. The lowest BCUT2D eigenvalue weighted by Crippen LogP contribution is -2.62. The number of piperazine rings is 1. The number of nitrogens with zero attached hydrogens (tertiary/aromatic N) is 1. The predicted molar refractivity (Wildman–Crippen MR) is 42.3 cm³/mol. The van der Waals surface area contributed by atoms with Gasteiger partial charge in [-0.15, -0.1) is 0 Å². The highest BCUT2D eigenvalue weighted by Gasteiger charge is 2.56. The molecule has 2 fully saturated rings. The van der Waals surface area contributed by atoms with E-state index in [2.05, 4.69) is 5.32 Å². The standard InChI is InChI=1S/C8H12N2O2/c1-5-6(11)9-8(3-4-8)7(12)10(5)2/h5H,3-4H2,1-2H3,(H,9,11). The summed E-state index contributed by atoms with van der Waals surface area (Å²) in [5, 5.41) is 2.77. The van der Waals surface area contributed by atoms with Crippen molar-refractivity contribution in [2.45, 2.75) is 31.3 Å². The molecule has 2 amide bonds. The molecule has 1 N–H and O–H groups in total. The predicted octanol–water partition coefficient (Wildman–Crippen LogP) is -0.504. The summed E-state index contributed by atoms with van der Waals surface area (Å²) in [6.07, 6.45) is 1.60. The molecule has 2 rings (SSSR count). The van der Waals surface area contributed by atoms with Crippen LogP contribution in [-0.2, 0) is 9.59 Å². The smallest absolute Gasteiger partial charge is 0.248 e. The van der Waals surface area contributed by atoms with Crippen LogP contribution in [0.15, 0.2) is 0 Å². The van der Waals surface area contributed by atoms with Gasteiger partial charge in [-0.2, -0.15) is 0 Å². The maximum absolute atomic E-state index is 11.6. The van der Waals surface area contributed by atoms with Crippen molar-refractivity contribution >= 4 is 11.8 Å². The summed E-state index contributed by atoms with van der Waals surface area (Å²) in [6.45, 7) is 1.74. The van der Waals surface area contributed by atoms with E-state index in [0.717, 1.165) is 12.8 Å². The first kappa shape index (κ1) is 7.58. The van der Waals surface area contributed by atoms with Crippen LogP contribution in [-0.4, -0.2) is 35.3 Å². The van der Waals surface area contributed by atoms with Gasteiger partial charge in [-0.3, -0.25) is 9.59 Å². The Morgan fingerprint density at radius 2 is 2.08 bits per heavy atom. The number of nitrogens with one attached hydrogen (secondary N) is 1. The molecule has 0 radical (unpaired) electrons. The molecule has 1 aliphatic carbocycles. The van der Waals surface area contributed by atoms with Crippen molar-refractivity contribution in [2.75, 3.05) is 7.05 Å². The molecule has 0 aromatic heterocycles. The Morgan fingerprint density at radius 3 is 2.58 bits per heavy atom. The summed E-state index contributed by atoms with van der Waals surface area (Å²) in [5.74, 6) is 0.0317. The molecule has 1 aliphatic heterocycles. The number of carbonyl (C=O) groups excluding carboxylic acids is 2. The van der Waals surface area contributed by atoms with Crippen molar-refractivity contribution in [3.8, 4) is 0 Å². The van der Waals surface area contributed by atoms with Crippen LogP contribution in [0.4, 0.5) is 0 Å². The van der Waals surface area contributed by atoms with Crippen LogP contribution < -0.4 is 5.32 Å². The summed E-state index contributed by atoms with van der Waals surface area (Å²) in [4.78, 5) is 24.4. The number of rotatable bonds is 0. The fourth-order valence-electron chi connectivity index (χ4n) is 1.55. The Labute approximate surface area is 70.9 Å². The molecule has 66 valence electrons. The minimum absolute atomic E-state index is 0.0328. The summed E-state index contributed by atoms with van der Waals surface area (Å²) < 4.78 is 0.